The molecular formula is C27H26N2O5. The van der Waals surface area contributed by atoms with Gasteiger partial charge in [0.25, 0.3) is 0 Å². The molecule has 3 aliphatic rings. The number of allylic oxidation sites excluding steroid dienone is 2. The summed E-state index contributed by atoms with van der Waals surface area (Å²) in [5.41, 5.74) is 1.55. The largest absolute Gasteiger partial charge is 0.480 e. The zero-order valence-electron chi connectivity index (χ0n) is 18.5. The summed E-state index contributed by atoms with van der Waals surface area (Å²) in [6.07, 6.45) is 5.04. The number of carbonyl (C=O) groups excluding carboxylic acids is 3. The summed E-state index contributed by atoms with van der Waals surface area (Å²) in [5, 5.41) is 12.4. The Kier molecular flexibility index (Phi) is 5.77. The molecule has 2 bridgehead atoms. The summed E-state index contributed by atoms with van der Waals surface area (Å²) < 4.78 is 0. The number of fused-ring (bicyclic) bond motifs is 5. The fourth-order valence-electron chi connectivity index (χ4n) is 5.69. The monoisotopic (exact) mass is 458 g/mol. The van der Waals surface area contributed by atoms with Gasteiger partial charge in [0.1, 0.15) is 12.1 Å². The molecule has 2 aromatic rings. The van der Waals surface area contributed by atoms with Gasteiger partial charge in [0.15, 0.2) is 0 Å². The van der Waals surface area contributed by atoms with Crippen LogP contribution in [0.4, 0.5) is 0 Å². The van der Waals surface area contributed by atoms with Crippen LogP contribution in [-0.2, 0) is 32.0 Å². The Labute approximate surface area is 197 Å². The third-order valence-electron chi connectivity index (χ3n) is 7.29. The quantitative estimate of drug-likeness (QED) is 0.466. The minimum absolute atomic E-state index is 0.0294. The Morgan fingerprint density at radius 2 is 1.35 bits per heavy atom. The van der Waals surface area contributed by atoms with Gasteiger partial charge in [-0.15, -0.1) is 0 Å². The molecular weight excluding hydrogens is 432 g/mol. The van der Waals surface area contributed by atoms with Crippen molar-refractivity contribution in [2.24, 2.45) is 23.7 Å². The fourth-order valence-corrected chi connectivity index (χ4v) is 5.69. The first-order valence-electron chi connectivity index (χ1n) is 11.6. The number of carboxylic acid groups (broad SMARTS) is 1. The SMILES string of the molecule is O=C(O)C(Cc1ccccc1)NC(=O)C(Cc1ccccc1)N1C(=O)C2C3C=CC(C3)C2C1=O. The number of hydrogen-bond donors (Lipinski definition) is 2. The Bertz CT molecular complexity index is 1120. The molecule has 7 heteroatoms. The van der Waals surface area contributed by atoms with Crippen LogP contribution < -0.4 is 5.32 Å². The predicted molar refractivity (Wildman–Crippen MR) is 123 cm³/mol. The van der Waals surface area contributed by atoms with Crippen molar-refractivity contribution < 1.29 is 24.3 Å². The lowest BCUT2D eigenvalue weighted by Gasteiger charge is -2.28. The molecule has 0 spiro atoms. The topological polar surface area (TPSA) is 104 Å². The van der Waals surface area contributed by atoms with Crippen molar-refractivity contribution >= 4 is 23.7 Å². The summed E-state index contributed by atoms with van der Waals surface area (Å²) in [6, 6.07) is 15.9. The number of hydrogen-bond acceptors (Lipinski definition) is 4. The minimum Gasteiger partial charge on any atom is -0.480 e. The Morgan fingerprint density at radius 1 is 0.853 bits per heavy atom. The lowest BCUT2D eigenvalue weighted by atomic mass is 9.85. The molecule has 2 aliphatic carbocycles. The first-order valence-corrected chi connectivity index (χ1v) is 11.6. The molecule has 2 aromatic carbocycles. The number of benzene rings is 2. The Balaban J connectivity index is 1.42. The lowest BCUT2D eigenvalue weighted by Crippen LogP contribution is -2.55. The Morgan fingerprint density at radius 3 is 1.85 bits per heavy atom. The van der Waals surface area contributed by atoms with E-state index < -0.39 is 35.8 Å². The average molecular weight is 459 g/mol. The van der Waals surface area contributed by atoms with Gasteiger partial charge in [0.2, 0.25) is 17.7 Å². The highest BCUT2D eigenvalue weighted by molar-refractivity contribution is 6.09. The standard InChI is InChI=1S/C27H26N2O5/c30-24(28-20(27(33)34)13-16-7-3-1-4-8-16)21(14-17-9-5-2-6-10-17)29-25(31)22-18-11-12-19(15-18)23(22)26(29)32/h1-12,18-23H,13-15H2,(H,28,30)(H,33,34). The molecule has 2 N–H and O–H groups in total. The van der Waals surface area contributed by atoms with E-state index in [1.54, 1.807) is 24.3 Å². The number of rotatable bonds is 8. The van der Waals surface area contributed by atoms with E-state index in [4.69, 9.17) is 0 Å². The molecule has 1 heterocycles. The molecule has 34 heavy (non-hydrogen) atoms. The van der Waals surface area contributed by atoms with Gasteiger partial charge in [-0.25, -0.2) is 4.79 Å². The normalized spacial score (nSPS) is 26.4. The van der Waals surface area contributed by atoms with Crippen molar-refractivity contribution in [2.45, 2.75) is 31.3 Å². The molecule has 1 saturated heterocycles. The van der Waals surface area contributed by atoms with Crippen LogP contribution in [0.3, 0.4) is 0 Å². The first-order chi connectivity index (χ1) is 16.4. The van der Waals surface area contributed by atoms with Crippen molar-refractivity contribution in [1.82, 2.24) is 10.2 Å². The second kappa shape index (κ2) is 8.89. The van der Waals surface area contributed by atoms with Crippen molar-refractivity contribution in [1.29, 1.82) is 0 Å². The summed E-state index contributed by atoms with van der Waals surface area (Å²) >= 11 is 0. The van der Waals surface area contributed by atoms with Gasteiger partial charge in [-0.2, -0.15) is 0 Å². The van der Waals surface area contributed by atoms with E-state index in [2.05, 4.69) is 5.32 Å². The molecule has 7 nitrogen and oxygen atoms in total. The molecule has 5 rings (SSSR count). The molecule has 174 valence electrons. The molecule has 3 amide bonds. The van der Waals surface area contributed by atoms with Crippen LogP contribution in [0.25, 0.3) is 0 Å². The molecule has 2 fully saturated rings. The van der Waals surface area contributed by atoms with E-state index in [1.807, 2.05) is 48.6 Å². The summed E-state index contributed by atoms with van der Waals surface area (Å²) in [5.74, 6) is -3.23. The average Bonchev–Trinajstić information content (AvgIpc) is 3.52. The van der Waals surface area contributed by atoms with Crippen molar-refractivity contribution in [3.05, 3.63) is 83.9 Å². The van der Waals surface area contributed by atoms with E-state index in [-0.39, 0.29) is 36.5 Å². The van der Waals surface area contributed by atoms with Gasteiger partial charge < -0.3 is 10.4 Å². The number of nitrogens with zero attached hydrogens (tertiary/aromatic N) is 1. The highest BCUT2D eigenvalue weighted by atomic mass is 16.4. The number of likely N-dealkylation sites (tertiary alicyclic amines) is 1. The first kappa shape index (κ1) is 22.1. The second-order valence-electron chi connectivity index (χ2n) is 9.34. The van der Waals surface area contributed by atoms with Gasteiger partial charge in [-0.1, -0.05) is 72.8 Å². The highest BCUT2D eigenvalue weighted by Gasteiger charge is 2.61. The van der Waals surface area contributed by atoms with Crippen molar-refractivity contribution in [3.8, 4) is 0 Å². The smallest absolute Gasteiger partial charge is 0.326 e. The van der Waals surface area contributed by atoms with E-state index in [0.717, 1.165) is 22.4 Å². The third kappa shape index (κ3) is 3.91. The molecule has 6 atom stereocenters. The maximum atomic E-state index is 13.5. The maximum Gasteiger partial charge on any atom is 0.326 e. The van der Waals surface area contributed by atoms with Gasteiger partial charge in [0, 0.05) is 12.8 Å². The molecule has 1 saturated carbocycles. The molecule has 1 aliphatic heterocycles. The van der Waals surface area contributed by atoms with Crippen LogP contribution in [0.5, 0.6) is 0 Å². The number of nitrogens with one attached hydrogen (secondary N) is 1. The van der Waals surface area contributed by atoms with E-state index >= 15 is 0 Å². The van der Waals surface area contributed by atoms with E-state index in [1.165, 1.54) is 0 Å². The van der Waals surface area contributed by atoms with Crippen LogP contribution in [0, 0.1) is 23.7 Å². The zero-order valence-corrected chi connectivity index (χ0v) is 18.5. The van der Waals surface area contributed by atoms with E-state index in [9.17, 15) is 24.3 Å². The van der Waals surface area contributed by atoms with Gasteiger partial charge in [-0.3, -0.25) is 19.3 Å². The van der Waals surface area contributed by atoms with Crippen molar-refractivity contribution in [2.75, 3.05) is 0 Å². The van der Waals surface area contributed by atoms with Crippen LogP contribution >= 0.6 is 0 Å². The van der Waals surface area contributed by atoms with Crippen LogP contribution in [-0.4, -0.2) is 45.8 Å². The number of aliphatic carboxylic acids is 1. The summed E-state index contributed by atoms with van der Waals surface area (Å²) in [7, 11) is 0. The number of carbonyl (C=O) groups is 4. The summed E-state index contributed by atoms with van der Waals surface area (Å²) in [4.78, 5) is 53.4. The van der Waals surface area contributed by atoms with Crippen LogP contribution in [0.2, 0.25) is 0 Å². The Hall–Kier alpha value is -3.74. The predicted octanol–water partition coefficient (Wildman–Crippen LogP) is 2.22. The maximum absolute atomic E-state index is 13.5. The zero-order chi connectivity index (χ0) is 23.8. The van der Waals surface area contributed by atoms with E-state index in [0.29, 0.717) is 0 Å². The highest BCUT2D eigenvalue weighted by Crippen LogP contribution is 2.53. The summed E-state index contributed by atoms with van der Waals surface area (Å²) in [6.45, 7) is 0. The number of amides is 3. The molecule has 6 unspecified atom stereocenters. The number of carboxylic acids is 1. The lowest BCUT2D eigenvalue weighted by molar-refractivity contribution is -0.149. The molecule has 0 aromatic heterocycles. The van der Waals surface area contributed by atoms with Gasteiger partial charge in [-0.05, 0) is 29.4 Å². The number of imide groups is 1. The van der Waals surface area contributed by atoms with Gasteiger partial charge >= 0.3 is 5.97 Å². The molecule has 0 radical (unpaired) electrons. The third-order valence-corrected chi connectivity index (χ3v) is 7.29. The second-order valence-corrected chi connectivity index (χ2v) is 9.34. The van der Waals surface area contributed by atoms with Crippen molar-refractivity contribution in [3.63, 3.8) is 0 Å². The minimum atomic E-state index is -1.18. The van der Waals surface area contributed by atoms with Gasteiger partial charge in [0.05, 0.1) is 11.8 Å². The fraction of sp³-hybridized carbons (Fsp3) is 0.333. The van der Waals surface area contributed by atoms with Crippen LogP contribution in [0.1, 0.15) is 17.5 Å². The van der Waals surface area contributed by atoms with Crippen LogP contribution in [0.15, 0.2) is 72.8 Å².